The fraction of sp³-hybridized carbons (Fsp3) is 0.180. The molecule has 10 rings (SSSR count). The van der Waals surface area contributed by atoms with Crippen LogP contribution in [0.2, 0.25) is 0 Å². The Bertz CT molecular complexity index is 3250. The van der Waals surface area contributed by atoms with Gasteiger partial charge in [-0.05, 0) is 86.1 Å². The second kappa shape index (κ2) is 17.8. The molecule has 0 fully saturated rings. The van der Waals surface area contributed by atoms with Gasteiger partial charge in [-0.1, -0.05) is 176 Å². The van der Waals surface area contributed by atoms with Gasteiger partial charge in [0.1, 0.15) is 5.82 Å². The Kier molecular flexibility index (Phi) is 12.1. The number of anilines is 2. The van der Waals surface area contributed by atoms with Gasteiger partial charge in [-0.15, -0.1) is 53.6 Å². The molecular formula is C61H55N4OPt-3. The minimum absolute atomic E-state index is 0. The zero-order chi connectivity index (χ0) is 45.8. The fourth-order valence-corrected chi connectivity index (χ4v) is 8.96. The van der Waals surface area contributed by atoms with Gasteiger partial charge < -0.3 is 19.1 Å². The molecule has 0 atom stereocenters. The molecule has 7 aromatic carbocycles. The minimum atomic E-state index is -0.237. The van der Waals surface area contributed by atoms with Crippen LogP contribution in [0.1, 0.15) is 83.2 Å². The van der Waals surface area contributed by atoms with Crippen LogP contribution in [-0.2, 0) is 37.3 Å². The summed E-state index contributed by atoms with van der Waals surface area (Å²) >= 11 is 0. The molecule has 0 aliphatic carbocycles. The third-order valence-electron chi connectivity index (χ3n) is 12.9. The number of hydrogen-bond donors (Lipinski definition) is 0. The summed E-state index contributed by atoms with van der Waals surface area (Å²) < 4.78 is 9.07. The second-order valence-corrected chi connectivity index (χ2v) is 20.0. The van der Waals surface area contributed by atoms with Crippen LogP contribution in [0.25, 0.3) is 44.4 Å². The first kappa shape index (κ1) is 45.5. The van der Waals surface area contributed by atoms with E-state index in [1.165, 1.54) is 22.3 Å². The van der Waals surface area contributed by atoms with Crippen LogP contribution >= 0.6 is 0 Å². The molecule has 0 unspecified atom stereocenters. The molecule has 0 amide bonds. The van der Waals surface area contributed by atoms with Crippen molar-refractivity contribution in [2.75, 3.05) is 9.80 Å². The van der Waals surface area contributed by atoms with E-state index >= 15 is 0 Å². The average Bonchev–Trinajstić information content (AvgIpc) is 3.92. The Morgan fingerprint density at radius 1 is 0.522 bits per heavy atom. The van der Waals surface area contributed by atoms with E-state index < -0.39 is 0 Å². The first-order valence-electron chi connectivity index (χ1n) is 22.9. The molecule has 2 aromatic heterocycles. The molecular weight excluding hydrogens is 1000 g/mol. The molecule has 3 heterocycles. The molecule has 0 saturated heterocycles. The third-order valence-corrected chi connectivity index (χ3v) is 12.9. The zero-order valence-electron chi connectivity index (χ0n) is 39.4. The number of rotatable bonds is 9. The standard InChI is InChI=1S/C61H55N4O.Pt/c1-59(2,3)46-30-31-62-58(37-46)65-55-27-19-18-26-53(55)54-29-28-51(39-56(54)65)66-52-33-44(42-20-12-9-13-21-42)32-49(38-52)63-40-57(43-22-14-10-15-23-43)64(41-63)50-35-47(60(4,5)6)34-48(36-50)61(7,8)45-24-16-11-17-25-45;/h9-37,40-41H,1-8H3;/q-3;. The number of fused-ring (bicyclic) bond motifs is 3. The van der Waals surface area contributed by atoms with E-state index in [1.54, 1.807) is 0 Å². The van der Waals surface area contributed by atoms with Gasteiger partial charge in [0.25, 0.3) is 0 Å². The van der Waals surface area contributed by atoms with E-state index in [0.29, 0.717) is 11.5 Å². The summed E-state index contributed by atoms with van der Waals surface area (Å²) in [4.78, 5) is 9.38. The van der Waals surface area contributed by atoms with Crippen LogP contribution in [0.15, 0.2) is 182 Å². The summed E-state index contributed by atoms with van der Waals surface area (Å²) in [6, 6.07) is 67.5. The third kappa shape index (κ3) is 8.98. The van der Waals surface area contributed by atoms with Crippen molar-refractivity contribution in [2.24, 2.45) is 0 Å². The molecule has 0 bridgehead atoms. The predicted molar refractivity (Wildman–Crippen MR) is 274 cm³/mol. The second-order valence-electron chi connectivity index (χ2n) is 20.0. The van der Waals surface area contributed by atoms with Crippen LogP contribution in [0, 0.1) is 18.8 Å². The number of hydrogen-bond acceptors (Lipinski definition) is 4. The first-order chi connectivity index (χ1) is 31.7. The summed E-state index contributed by atoms with van der Waals surface area (Å²) in [6.45, 7) is 20.4. The van der Waals surface area contributed by atoms with Gasteiger partial charge in [0.05, 0.1) is 0 Å². The van der Waals surface area contributed by atoms with Crippen molar-refractivity contribution in [3.63, 3.8) is 0 Å². The van der Waals surface area contributed by atoms with Gasteiger partial charge in [0.2, 0.25) is 0 Å². The number of para-hydroxylation sites is 1. The van der Waals surface area contributed by atoms with Crippen molar-refractivity contribution < 1.29 is 25.8 Å². The molecule has 0 radical (unpaired) electrons. The smallest absolute Gasteiger partial charge is 0.135 e. The Hall–Kier alpha value is -6.68. The van der Waals surface area contributed by atoms with Crippen LogP contribution < -0.4 is 14.5 Å². The zero-order valence-corrected chi connectivity index (χ0v) is 41.7. The van der Waals surface area contributed by atoms with Gasteiger partial charge in [0.15, 0.2) is 0 Å². The molecule has 338 valence electrons. The van der Waals surface area contributed by atoms with Crippen LogP contribution in [0.3, 0.4) is 0 Å². The Labute approximate surface area is 410 Å². The quantitative estimate of drug-likeness (QED) is 0.135. The number of benzene rings is 7. The molecule has 9 aromatic rings. The SMILES string of the molecule is CC(C)(C)c1cc(N2[CH-]N(c3[c-]c(Oc4[c-]c5c(cc4)c4ccccc4n5-c4cc(C(C)(C)C)ccn4)cc(-c4ccccc4)c3)C=C2c2ccccc2)cc(C(C)(C)c2ccccc2)c1.[Pt]. The molecule has 6 heteroatoms. The van der Waals surface area contributed by atoms with Crippen LogP contribution in [-0.4, -0.2) is 9.55 Å². The molecule has 1 aliphatic heterocycles. The van der Waals surface area contributed by atoms with Crippen LogP contribution in [0.5, 0.6) is 11.5 Å². The maximum absolute atomic E-state index is 6.87. The molecule has 67 heavy (non-hydrogen) atoms. The normalized spacial score (nSPS) is 13.2. The van der Waals surface area contributed by atoms with Gasteiger partial charge >= 0.3 is 0 Å². The summed E-state index contributed by atoms with van der Waals surface area (Å²) in [7, 11) is 0. The topological polar surface area (TPSA) is 33.5 Å². The molecule has 1 aliphatic rings. The summed E-state index contributed by atoms with van der Waals surface area (Å²) in [5, 5.41) is 2.22. The van der Waals surface area contributed by atoms with Crippen molar-refractivity contribution in [3.05, 3.63) is 229 Å². The van der Waals surface area contributed by atoms with E-state index in [-0.39, 0.29) is 37.3 Å². The molecule has 0 saturated carbocycles. The van der Waals surface area contributed by atoms with Gasteiger partial charge in [-0.3, -0.25) is 0 Å². The van der Waals surface area contributed by atoms with Crippen molar-refractivity contribution in [2.45, 2.75) is 71.6 Å². The van der Waals surface area contributed by atoms with E-state index in [9.17, 15) is 0 Å². The largest absolute Gasteiger partial charge is 0.509 e. The number of aromatic nitrogens is 2. The number of pyridine rings is 1. The Morgan fingerprint density at radius 3 is 1.87 bits per heavy atom. The van der Waals surface area contributed by atoms with Crippen molar-refractivity contribution in [1.82, 2.24) is 9.55 Å². The van der Waals surface area contributed by atoms with E-state index in [1.807, 2.05) is 18.3 Å². The molecule has 5 nitrogen and oxygen atoms in total. The van der Waals surface area contributed by atoms with E-state index in [0.717, 1.165) is 61.4 Å². The maximum atomic E-state index is 6.87. The van der Waals surface area contributed by atoms with Gasteiger partial charge in [-0.25, -0.2) is 4.98 Å². The molecule has 0 N–H and O–H groups in total. The first-order valence-corrected chi connectivity index (χ1v) is 22.9. The summed E-state index contributed by atoms with van der Waals surface area (Å²) in [5.41, 5.74) is 12.8. The Morgan fingerprint density at radius 2 is 1.16 bits per heavy atom. The monoisotopic (exact) mass is 1050 g/mol. The number of ether oxygens (including phenoxy) is 1. The van der Waals surface area contributed by atoms with Gasteiger partial charge in [-0.2, -0.15) is 6.07 Å². The summed E-state index contributed by atoms with van der Waals surface area (Å²) in [6.07, 6.45) is 4.11. The van der Waals surface area contributed by atoms with Crippen molar-refractivity contribution >= 4 is 38.9 Å². The van der Waals surface area contributed by atoms with Crippen LogP contribution in [0.4, 0.5) is 11.4 Å². The Balaban J connectivity index is 0.00000562. The molecule has 0 spiro atoms. The van der Waals surface area contributed by atoms with E-state index in [2.05, 4.69) is 252 Å². The maximum Gasteiger partial charge on any atom is 0.135 e. The van der Waals surface area contributed by atoms with Crippen molar-refractivity contribution in [3.8, 4) is 28.4 Å². The fourth-order valence-electron chi connectivity index (χ4n) is 8.96. The van der Waals surface area contributed by atoms with Gasteiger partial charge in [0, 0.05) is 61.1 Å². The number of nitrogens with zero attached hydrogens (tertiary/aromatic N) is 4. The average molecular weight is 1060 g/mol. The van der Waals surface area contributed by atoms with Crippen molar-refractivity contribution in [1.29, 1.82) is 0 Å². The predicted octanol–water partition coefficient (Wildman–Crippen LogP) is 15.6. The van der Waals surface area contributed by atoms with E-state index in [4.69, 9.17) is 9.72 Å². The minimum Gasteiger partial charge on any atom is -0.509 e. The summed E-state index contributed by atoms with van der Waals surface area (Å²) in [5.74, 6) is 2.02.